The zero-order chi connectivity index (χ0) is 23.5. The van der Waals surface area contributed by atoms with E-state index in [0.29, 0.717) is 12.1 Å². The SMILES string of the molecule is COc1ccccc1-c1ccc([C@H]2[C@@H](CO)N3CCCCN(C(=O)c4cccnc4)C[C@H]23)cc1. The molecule has 6 heteroatoms. The molecule has 0 radical (unpaired) electrons. The highest BCUT2D eigenvalue weighted by molar-refractivity contribution is 5.93. The number of para-hydroxylation sites is 1. The van der Waals surface area contributed by atoms with Gasteiger partial charge in [-0.15, -0.1) is 0 Å². The number of amides is 1. The summed E-state index contributed by atoms with van der Waals surface area (Å²) in [5.41, 5.74) is 3.99. The van der Waals surface area contributed by atoms with Crippen LogP contribution in [-0.4, -0.2) is 71.2 Å². The van der Waals surface area contributed by atoms with Crippen molar-refractivity contribution in [2.75, 3.05) is 33.4 Å². The number of rotatable bonds is 5. The van der Waals surface area contributed by atoms with Crippen molar-refractivity contribution in [3.63, 3.8) is 0 Å². The fourth-order valence-corrected chi connectivity index (χ4v) is 5.56. The summed E-state index contributed by atoms with van der Waals surface area (Å²) >= 11 is 0. The Balaban J connectivity index is 1.40. The standard InChI is InChI=1S/C28H31N3O3/c1-34-26-9-3-2-8-23(26)20-10-12-21(13-11-20)27-24-18-30(28(33)22-7-6-14-29-17-22)15-4-5-16-31(24)25(27)19-32/h2-3,6-14,17,24-25,27,32H,4-5,15-16,18-19H2,1H3/t24-,25-,27-/m1/s1. The highest BCUT2D eigenvalue weighted by Crippen LogP contribution is 2.42. The number of aliphatic hydroxyl groups is 1. The van der Waals surface area contributed by atoms with Crippen molar-refractivity contribution in [3.8, 4) is 16.9 Å². The van der Waals surface area contributed by atoms with Gasteiger partial charge in [-0.2, -0.15) is 0 Å². The number of benzene rings is 2. The maximum Gasteiger partial charge on any atom is 0.255 e. The molecule has 176 valence electrons. The molecule has 6 nitrogen and oxygen atoms in total. The van der Waals surface area contributed by atoms with Gasteiger partial charge in [-0.1, -0.05) is 42.5 Å². The number of methoxy groups -OCH3 is 1. The number of carbonyl (C=O) groups is 1. The number of carbonyl (C=O) groups excluding carboxylic acids is 1. The van der Waals surface area contributed by atoms with Gasteiger partial charge in [0.05, 0.1) is 19.3 Å². The smallest absolute Gasteiger partial charge is 0.255 e. The molecule has 1 N–H and O–H groups in total. The van der Waals surface area contributed by atoms with Gasteiger partial charge in [-0.3, -0.25) is 14.7 Å². The lowest BCUT2D eigenvalue weighted by molar-refractivity contribution is -0.0606. The predicted octanol–water partition coefficient (Wildman–Crippen LogP) is 3.82. The topological polar surface area (TPSA) is 65.9 Å². The normalized spacial score (nSPS) is 22.8. The van der Waals surface area contributed by atoms with E-state index in [2.05, 4.69) is 40.2 Å². The molecule has 34 heavy (non-hydrogen) atoms. The molecule has 2 aromatic carbocycles. The van der Waals surface area contributed by atoms with E-state index in [4.69, 9.17) is 4.74 Å². The third-order valence-electron chi connectivity index (χ3n) is 7.28. The van der Waals surface area contributed by atoms with Crippen LogP contribution in [0, 0.1) is 0 Å². The van der Waals surface area contributed by atoms with E-state index in [9.17, 15) is 9.90 Å². The molecule has 0 bridgehead atoms. The maximum absolute atomic E-state index is 13.2. The largest absolute Gasteiger partial charge is 0.496 e. The highest BCUT2D eigenvalue weighted by atomic mass is 16.5. The fraction of sp³-hybridized carbons (Fsp3) is 0.357. The molecular formula is C28H31N3O3. The van der Waals surface area contributed by atoms with E-state index < -0.39 is 0 Å². The Morgan fingerprint density at radius 1 is 1.06 bits per heavy atom. The minimum absolute atomic E-state index is 0.0349. The molecule has 2 saturated heterocycles. The summed E-state index contributed by atoms with van der Waals surface area (Å²) in [6, 6.07) is 20.5. The van der Waals surface area contributed by atoms with Crippen LogP contribution in [0.1, 0.15) is 34.7 Å². The van der Waals surface area contributed by atoms with Crippen LogP contribution in [0.3, 0.4) is 0 Å². The van der Waals surface area contributed by atoms with Crippen LogP contribution < -0.4 is 4.74 Å². The summed E-state index contributed by atoms with van der Waals surface area (Å²) in [5, 5.41) is 10.2. The van der Waals surface area contributed by atoms with Crippen molar-refractivity contribution >= 4 is 5.91 Å². The molecule has 0 unspecified atom stereocenters. The van der Waals surface area contributed by atoms with Crippen molar-refractivity contribution in [2.24, 2.45) is 0 Å². The number of hydrogen-bond acceptors (Lipinski definition) is 5. The summed E-state index contributed by atoms with van der Waals surface area (Å²) in [6.07, 6.45) is 5.31. The molecule has 3 aromatic rings. The van der Waals surface area contributed by atoms with Crippen molar-refractivity contribution in [1.82, 2.24) is 14.8 Å². The van der Waals surface area contributed by atoms with Crippen LogP contribution in [0.15, 0.2) is 73.1 Å². The van der Waals surface area contributed by atoms with Crippen molar-refractivity contribution in [3.05, 3.63) is 84.2 Å². The van der Waals surface area contributed by atoms with Gasteiger partial charge in [-0.05, 0) is 48.7 Å². The molecule has 5 rings (SSSR count). The van der Waals surface area contributed by atoms with Crippen molar-refractivity contribution in [1.29, 1.82) is 0 Å². The Labute approximate surface area is 200 Å². The highest BCUT2D eigenvalue weighted by Gasteiger charge is 2.49. The van der Waals surface area contributed by atoms with Crippen molar-refractivity contribution < 1.29 is 14.6 Å². The van der Waals surface area contributed by atoms with E-state index in [0.717, 1.165) is 42.8 Å². The monoisotopic (exact) mass is 457 g/mol. The first kappa shape index (κ1) is 22.6. The van der Waals surface area contributed by atoms with E-state index in [1.165, 1.54) is 5.56 Å². The zero-order valence-electron chi connectivity index (χ0n) is 19.5. The molecule has 2 aliphatic rings. The molecular weight excluding hydrogens is 426 g/mol. The van der Waals surface area contributed by atoms with Gasteiger partial charge >= 0.3 is 0 Å². The second-order valence-corrected chi connectivity index (χ2v) is 9.10. The average Bonchev–Trinajstić information content (AvgIpc) is 2.88. The Morgan fingerprint density at radius 2 is 1.85 bits per heavy atom. The maximum atomic E-state index is 13.2. The number of hydrogen-bond donors (Lipinski definition) is 1. The van der Waals surface area contributed by atoms with Crippen LogP contribution in [0.25, 0.3) is 11.1 Å². The average molecular weight is 458 g/mol. The molecule has 1 aromatic heterocycles. The van der Waals surface area contributed by atoms with E-state index in [1.807, 2.05) is 29.2 Å². The van der Waals surface area contributed by atoms with E-state index in [-0.39, 0.29) is 30.5 Å². The minimum atomic E-state index is 0.0349. The van der Waals surface area contributed by atoms with Crippen LogP contribution in [0.5, 0.6) is 5.75 Å². The Bertz CT molecular complexity index is 1120. The van der Waals surface area contributed by atoms with Crippen LogP contribution >= 0.6 is 0 Å². The third-order valence-corrected chi connectivity index (χ3v) is 7.28. The first-order valence-electron chi connectivity index (χ1n) is 12.0. The lowest BCUT2D eigenvalue weighted by Gasteiger charge is -2.57. The first-order valence-corrected chi connectivity index (χ1v) is 12.0. The second-order valence-electron chi connectivity index (χ2n) is 9.10. The van der Waals surface area contributed by atoms with Gasteiger partial charge in [0.1, 0.15) is 5.75 Å². The molecule has 1 amide bonds. The third kappa shape index (κ3) is 4.19. The number of ether oxygens (including phenoxy) is 1. The summed E-state index contributed by atoms with van der Waals surface area (Å²) in [7, 11) is 1.69. The molecule has 0 aliphatic carbocycles. The first-order chi connectivity index (χ1) is 16.7. The second kappa shape index (κ2) is 9.95. The lowest BCUT2D eigenvalue weighted by atomic mass is 9.74. The Kier molecular flexibility index (Phi) is 6.61. The van der Waals surface area contributed by atoms with Gasteiger partial charge in [-0.25, -0.2) is 0 Å². The number of fused-ring (bicyclic) bond motifs is 1. The molecule has 2 fully saturated rings. The van der Waals surface area contributed by atoms with Gasteiger partial charge in [0.2, 0.25) is 0 Å². The molecule has 3 heterocycles. The van der Waals surface area contributed by atoms with Gasteiger partial charge in [0, 0.05) is 49.0 Å². The lowest BCUT2D eigenvalue weighted by Crippen LogP contribution is -2.67. The Hall–Kier alpha value is -3.22. The van der Waals surface area contributed by atoms with E-state index in [1.54, 1.807) is 25.6 Å². The Morgan fingerprint density at radius 3 is 2.59 bits per heavy atom. The number of aliphatic hydroxyl groups excluding tert-OH is 1. The molecule has 0 spiro atoms. The van der Waals surface area contributed by atoms with Crippen LogP contribution in [-0.2, 0) is 0 Å². The van der Waals surface area contributed by atoms with E-state index >= 15 is 0 Å². The molecule has 2 aliphatic heterocycles. The zero-order valence-corrected chi connectivity index (χ0v) is 19.5. The van der Waals surface area contributed by atoms with Crippen LogP contribution in [0.4, 0.5) is 0 Å². The molecule has 3 atom stereocenters. The van der Waals surface area contributed by atoms with Gasteiger partial charge in [0.25, 0.3) is 5.91 Å². The number of pyridine rings is 1. The quantitative estimate of drug-likeness (QED) is 0.631. The van der Waals surface area contributed by atoms with Crippen LogP contribution in [0.2, 0.25) is 0 Å². The summed E-state index contributed by atoms with van der Waals surface area (Å²) < 4.78 is 5.53. The fourth-order valence-electron chi connectivity index (χ4n) is 5.56. The van der Waals surface area contributed by atoms with Gasteiger partial charge < -0.3 is 14.7 Å². The van der Waals surface area contributed by atoms with Gasteiger partial charge in [0.15, 0.2) is 0 Å². The predicted molar refractivity (Wildman–Crippen MR) is 132 cm³/mol. The number of aromatic nitrogens is 1. The summed E-state index contributed by atoms with van der Waals surface area (Å²) in [4.78, 5) is 21.7. The summed E-state index contributed by atoms with van der Waals surface area (Å²) in [6.45, 7) is 2.48. The van der Waals surface area contributed by atoms with Crippen molar-refractivity contribution in [2.45, 2.75) is 30.8 Å². The number of nitrogens with zero attached hydrogens (tertiary/aromatic N) is 3. The minimum Gasteiger partial charge on any atom is -0.496 e. The molecule has 0 saturated carbocycles. The summed E-state index contributed by atoms with van der Waals surface area (Å²) in [5.74, 6) is 1.06.